The van der Waals surface area contributed by atoms with E-state index in [4.69, 9.17) is 0 Å². The van der Waals surface area contributed by atoms with E-state index in [1.807, 2.05) is 0 Å². The van der Waals surface area contributed by atoms with Crippen LogP contribution in [-0.2, 0) is 9.91 Å². The van der Waals surface area contributed by atoms with Gasteiger partial charge in [-0.15, -0.1) is 0 Å². The molecule has 1 aromatic rings. The lowest BCUT2D eigenvalue weighted by Gasteiger charge is -2.29. The summed E-state index contributed by atoms with van der Waals surface area (Å²) in [6.45, 7) is 2.26. The van der Waals surface area contributed by atoms with E-state index in [1.54, 1.807) is 30.3 Å². The number of rotatable bonds is 18. The molecule has 0 amide bonds. The van der Waals surface area contributed by atoms with Gasteiger partial charge in [-0.05, 0) is 18.4 Å². The standard InChI is InChI=1S/C24H43O4P/c1-2-3-4-5-6-7-8-9-10-11-12-13-14-15-19-22-24(25,29(26,27)28)23-20-17-16-18-21-23/h16-18,20-21,25H,2-15,19,22H2,1H3,(H2,26,27,28). The first-order valence-corrected chi connectivity index (χ1v) is 13.4. The van der Waals surface area contributed by atoms with Crippen molar-refractivity contribution in [3.05, 3.63) is 35.9 Å². The summed E-state index contributed by atoms with van der Waals surface area (Å²) in [6.07, 6.45) is 18.7. The number of hydrogen-bond acceptors (Lipinski definition) is 2. The molecule has 0 radical (unpaired) electrons. The minimum atomic E-state index is -4.64. The maximum Gasteiger partial charge on any atom is 0.361 e. The Bertz CT molecular complexity index is 557. The van der Waals surface area contributed by atoms with Gasteiger partial charge in [0.25, 0.3) is 0 Å². The Kier molecular flexibility index (Phi) is 13.8. The zero-order valence-electron chi connectivity index (χ0n) is 18.4. The summed E-state index contributed by atoms with van der Waals surface area (Å²) in [6, 6.07) is 8.34. The predicted molar refractivity (Wildman–Crippen MR) is 122 cm³/mol. The third-order valence-electron chi connectivity index (χ3n) is 5.85. The minimum Gasteiger partial charge on any atom is -0.373 e. The van der Waals surface area contributed by atoms with Gasteiger partial charge in [-0.3, -0.25) is 4.57 Å². The van der Waals surface area contributed by atoms with Crippen LogP contribution in [0.1, 0.15) is 115 Å². The summed E-state index contributed by atoms with van der Waals surface area (Å²) in [5.74, 6) is 0. The molecule has 0 aliphatic rings. The first-order chi connectivity index (χ1) is 13.9. The Balaban J connectivity index is 2.06. The van der Waals surface area contributed by atoms with E-state index in [2.05, 4.69) is 6.92 Å². The lowest BCUT2D eigenvalue weighted by atomic mass is 10.0. The minimum absolute atomic E-state index is 0.0968. The summed E-state index contributed by atoms with van der Waals surface area (Å²) >= 11 is 0. The zero-order valence-corrected chi connectivity index (χ0v) is 19.3. The van der Waals surface area contributed by atoms with E-state index in [0.29, 0.717) is 12.0 Å². The number of hydrogen-bond donors (Lipinski definition) is 3. The van der Waals surface area contributed by atoms with Crippen LogP contribution in [0.4, 0.5) is 0 Å². The number of aliphatic hydroxyl groups is 1. The van der Waals surface area contributed by atoms with Gasteiger partial charge in [0.15, 0.2) is 5.34 Å². The van der Waals surface area contributed by atoms with Crippen molar-refractivity contribution in [2.45, 2.75) is 115 Å². The molecule has 29 heavy (non-hydrogen) atoms. The second-order valence-corrected chi connectivity index (χ2v) is 10.3. The molecule has 1 rings (SSSR count). The fourth-order valence-electron chi connectivity index (χ4n) is 3.91. The maximum absolute atomic E-state index is 11.9. The maximum atomic E-state index is 11.9. The van der Waals surface area contributed by atoms with E-state index >= 15 is 0 Å². The van der Waals surface area contributed by atoms with Crippen LogP contribution in [0.5, 0.6) is 0 Å². The van der Waals surface area contributed by atoms with Gasteiger partial charge < -0.3 is 14.9 Å². The van der Waals surface area contributed by atoms with Crippen LogP contribution in [0, 0.1) is 0 Å². The molecule has 0 bridgehead atoms. The third kappa shape index (κ3) is 10.8. The highest BCUT2D eigenvalue weighted by atomic mass is 31.2. The van der Waals surface area contributed by atoms with E-state index in [0.717, 1.165) is 19.3 Å². The predicted octanol–water partition coefficient (Wildman–Crippen LogP) is 7.27. The van der Waals surface area contributed by atoms with Crippen LogP contribution >= 0.6 is 7.60 Å². The van der Waals surface area contributed by atoms with Gasteiger partial charge in [0, 0.05) is 0 Å². The Hall–Kier alpha value is -0.670. The summed E-state index contributed by atoms with van der Waals surface area (Å²) in [5, 5.41) is 8.60. The van der Waals surface area contributed by atoms with Gasteiger partial charge in [-0.1, -0.05) is 127 Å². The van der Waals surface area contributed by atoms with Gasteiger partial charge >= 0.3 is 7.60 Å². The van der Waals surface area contributed by atoms with Crippen LogP contribution in [0.2, 0.25) is 0 Å². The van der Waals surface area contributed by atoms with E-state index < -0.39 is 12.9 Å². The van der Waals surface area contributed by atoms with Crippen molar-refractivity contribution in [2.75, 3.05) is 0 Å². The summed E-state index contributed by atoms with van der Waals surface area (Å²) < 4.78 is 11.9. The van der Waals surface area contributed by atoms with Crippen molar-refractivity contribution in [1.82, 2.24) is 0 Å². The highest BCUT2D eigenvalue weighted by molar-refractivity contribution is 7.52. The van der Waals surface area contributed by atoms with Gasteiger partial charge in [-0.2, -0.15) is 0 Å². The molecule has 0 aliphatic heterocycles. The van der Waals surface area contributed by atoms with Crippen LogP contribution < -0.4 is 0 Å². The van der Waals surface area contributed by atoms with Gasteiger partial charge in [0.1, 0.15) is 0 Å². The van der Waals surface area contributed by atoms with Crippen molar-refractivity contribution in [3.63, 3.8) is 0 Å². The lowest BCUT2D eigenvalue weighted by molar-refractivity contribution is 0.0777. The molecular formula is C24H43O4P. The largest absolute Gasteiger partial charge is 0.373 e. The van der Waals surface area contributed by atoms with E-state index in [9.17, 15) is 19.5 Å². The van der Waals surface area contributed by atoms with E-state index in [-0.39, 0.29) is 6.42 Å². The Morgan fingerprint density at radius 2 is 1.07 bits per heavy atom. The normalized spacial score (nSPS) is 14.1. The summed E-state index contributed by atoms with van der Waals surface area (Å²) in [7, 11) is -4.64. The lowest BCUT2D eigenvalue weighted by Crippen LogP contribution is -2.25. The van der Waals surface area contributed by atoms with Crippen LogP contribution in [0.15, 0.2) is 30.3 Å². The molecule has 168 valence electrons. The Morgan fingerprint density at radius 1 is 0.690 bits per heavy atom. The highest BCUT2D eigenvalue weighted by Crippen LogP contribution is 2.57. The number of benzene rings is 1. The summed E-state index contributed by atoms with van der Waals surface area (Å²) in [5.41, 5.74) is 0.304. The van der Waals surface area contributed by atoms with Gasteiger partial charge in [0.2, 0.25) is 0 Å². The molecule has 0 saturated heterocycles. The Labute approximate surface area is 178 Å². The van der Waals surface area contributed by atoms with Crippen LogP contribution in [-0.4, -0.2) is 14.9 Å². The topological polar surface area (TPSA) is 77.8 Å². The first-order valence-electron chi connectivity index (χ1n) is 11.8. The molecule has 4 nitrogen and oxygen atoms in total. The van der Waals surface area contributed by atoms with E-state index in [1.165, 1.54) is 70.6 Å². The Morgan fingerprint density at radius 3 is 1.45 bits per heavy atom. The molecule has 0 fully saturated rings. The number of unbranched alkanes of at least 4 members (excludes halogenated alkanes) is 14. The van der Waals surface area contributed by atoms with Crippen molar-refractivity contribution < 1.29 is 19.5 Å². The SMILES string of the molecule is CCCCCCCCCCCCCCCCCC(O)(c1ccccc1)P(=O)(O)O. The fourth-order valence-corrected chi connectivity index (χ4v) is 4.84. The molecule has 1 atom stereocenters. The van der Waals surface area contributed by atoms with Crippen molar-refractivity contribution in [2.24, 2.45) is 0 Å². The highest BCUT2D eigenvalue weighted by Gasteiger charge is 2.45. The average molecular weight is 427 g/mol. The van der Waals surface area contributed by atoms with Gasteiger partial charge in [-0.25, -0.2) is 0 Å². The zero-order chi connectivity index (χ0) is 21.4. The molecule has 1 aromatic carbocycles. The van der Waals surface area contributed by atoms with Crippen molar-refractivity contribution in [3.8, 4) is 0 Å². The van der Waals surface area contributed by atoms with Crippen LogP contribution in [0.3, 0.4) is 0 Å². The molecular weight excluding hydrogens is 383 g/mol. The van der Waals surface area contributed by atoms with Crippen molar-refractivity contribution >= 4 is 7.60 Å². The molecule has 1 unspecified atom stereocenters. The molecule has 0 saturated carbocycles. The second kappa shape index (κ2) is 15.2. The second-order valence-electron chi connectivity index (χ2n) is 8.43. The average Bonchev–Trinajstić information content (AvgIpc) is 2.70. The molecule has 5 heteroatoms. The molecule has 3 N–H and O–H groups in total. The summed E-state index contributed by atoms with van der Waals surface area (Å²) in [4.78, 5) is 19.3. The smallest absolute Gasteiger partial charge is 0.361 e. The quantitative estimate of drug-likeness (QED) is 0.170. The fraction of sp³-hybridized carbons (Fsp3) is 0.750. The van der Waals surface area contributed by atoms with Crippen molar-refractivity contribution in [1.29, 1.82) is 0 Å². The monoisotopic (exact) mass is 426 g/mol. The molecule has 0 spiro atoms. The van der Waals surface area contributed by atoms with Crippen LogP contribution in [0.25, 0.3) is 0 Å². The molecule has 0 aliphatic carbocycles. The van der Waals surface area contributed by atoms with Gasteiger partial charge in [0.05, 0.1) is 0 Å². The molecule has 0 heterocycles. The first kappa shape index (κ1) is 26.4. The third-order valence-corrected chi connectivity index (χ3v) is 7.29. The molecule has 0 aromatic heterocycles.